The van der Waals surface area contributed by atoms with Gasteiger partial charge in [0.05, 0.1) is 12.7 Å². The number of carbonyl (C=O) groups excluding carboxylic acids is 3. The zero-order chi connectivity index (χ0) is 26.5. The maximum absolute atomic E-state index is 12.5. The molecule has 4 fully saturated rings. The van der Waals surface area contributed by atoms with Gasteiger partial charge in [0.1, 0.15) is 12.2 Å². The summed E-state index contributed by atoms with van der Waals surface area (Å²) in [7, 11) is 1.43. The smallest absolute Gasteiger partial charge is 0.305 e. The van der Waals surface area contributed by atoms with E-state index in [0.717, 1.165) is 44.9 Å². The Hall–Kier alpha value is -1.63. The Morgan fingerprint density at radius 2 is 1.61 bits per heavy atom. The summed E-state index contributed by atoms with van der Waals surface area (Å²) in [5.74, 6) is 0.443. The molecule has 0 aromatic rings. The Kier molecular flexibility index (Phi) is 7.55. The summed E-state index contributed by atoms with van der Waals surface area (Å²) in [6.45, 7) is 9.72. The first-order chi connectivity index (χ1) is 16.9. The average molecular weight is 507 g/mol. The van der Waals surface area contributed by atoms with Gasteiger partial charge >= 0.3 is 17.9 Å². The second-order valence-electron chi connectivity index (χ2n) is 12.8. The van der Waals surface area contributed by atoms with Gasteiger partial charge in [0.15, 0.2) is 0 Å². The van der Waals surface area contributed by atoms with Crippen molar-refractivity contribution in [1.82, 2.24) is 0 Å². The molecule has 0 saturated heterocycles. The van der Waals surface area contributed by atoms with Crippen molar-refractivity contribution in [3.05, 3.63) is 0 Å². The van der Waals surface area contributed by atoms with E-state index >= 15 is 0 Å². The fourth-order valence-electron chi connectivity index (χ4n) is 9.47. The Morgan fingerprint density at radius 3 is 2.25 bits per heavy atom. The van der Waals surface area contributed by atoms with Crippen LogP contribution in [0.1, 0.15) is 98.8 Å². The van der Waals surface area contributed by atoms with Crippen molar-refractivity contribution in [3.63, 3.8) is 0 Å². The topological polar surface area (TPSA) is 99.1 Å². The minimum Gasteiger partial charge on any atom is -0.469 e. The number of methoxy groups -OCH3 is 1. The first-order valence-electron chi connectivity index (χ1n) is 14.0. The first kappa shape index (κ1) is 27.4. The second kappa shape index (κ2) is 9.92. The van der Waals surface area contributed by atoms with E-state index in [-0.39, 0.29) is 52.8 Å². The van der Waals surface area contributed by atoms with Crippen molar-refractivity contribution in [2.75, 3.05) is 7.11 Å². The molecule has 0 spiro atoms. The molecule has 10 atom stereocenters. The van der Waals surface area contributed by atoms with Crippen LogP contribution in [0.4, 0.5) is 0 Å². The molecule has 4 aliphatic carbocycles. The summed E-state index contributed by atoms with van der Waals surface area (Å²) in [4.78, 5) is 35.6. The Morgan fingerprint density at radius 1 is 0.917 bits per heavy atom. The number of esters is 3. The number of carbonyl (C=O) groups is 3. The highest BCUT2D eigenvalue weighted by molar-refractivity contribution is 5.69. The van der Waals surface area contributed by atoms with Crippen molar-refractivity contribution in [2.45, 2.75) is 117 Å². The van der Waals surface area contributed by atoms with Crippen molar-refractivity contribution in [3.8, 4) is 0 Å². The van der Waals surface area contributed by atoms with Gasteiger partial charge in [-0.15, -0.1) is 0 Å². The van der Waals surface area contributed by atoms with Crippen LogP contribution in [0.25, 0.3) is 0 Å². The standard InChI is InChI=1S/C29H46O7/c1-17(7-8-26(32)34-6)21-11-14-29(33)23-16-25(36-19(3)31)24-15-20(35-18(2)30)9-12-27(24,4)22(23)10-13-28(21,29)5/h17,20-25,33H,7-16H2,1-6H3/t17-,20-,21-,22+,23-,24+,25-,27-,28-,29-/m1/s1. The molecule has 7 heteroatoms. The Labute approximate surface area is 216 Å². The summed E-state index contributed by atoms with van der Waals surface area (Å²) < 4.78 is 16.4. The lowest BCUT2D eigenvalue weighted by Gasteiger charge is -2.65. The van der Waals surface area contributed by atoms with Gasteiger partial charge in [-0.1, -0.05) is 20.8 Å². The molecule has 0 aromatic carbocycles. The summed E-state index contributed by atoms with van der Waals surface area (Å²) in [5.41, 5.74) is -1.13. The van der Waals surface area contributed by atoms with Gasteiger partial charge in [-0.3, -0.25) is 14.4 Å². The molecule has 0 amide bonds. The number of ether oxygens (including phenoxy) is 3. The van der Waals surface area contributed by atoms with Crippen LogP contribution >= 0.6 is 0 Å². The summed E-state index contributed by atoms with van der Waals surface area (Å²) in [5, 5.41) is 12.5. The average Bonchev–Trinajstić information content (AvgIpc) is 3.09. The molecule has 1 N–H and O–H groups in total. The van der Waals surface area contributed by atoms with Gasteiger partial charge < -0.3 is 19.3 Å². The minimum atomic E-state index is -0.820. The normalized spacial score (nSPS) is 44.4. The molecule has 7 nitrogen and oxygen atoms in total. The molecule has 204 valence electrons. The second-order valence-corrected chi connectivity index (χ2v) is 12.8. The molecular formula is C29H46O7. The molecule has 0 unspecified atom stereocenters. The van der Waals surface area contributed by atoms with E-state index in [1.165, 1.54) is 21.0 Å². The lowest BCUT2D eigenvalue weighted by atomic mass is 9.42. The van der Waals surface area contributed by atoms with Crippen LogP contribution in [0.15, 0.2) is 0 Å². The van der Waals surface area contributed by atoms with Crippen molar-refractivity contribution in [1.29, 1.82) is 0 Å². The molecule has 0 radical (unpaired) electrons. The van der Waals surface area contributed by atoms with Crippen LogP contribution in [-0.2, 0) is 28.6 Å². The number of fused-ring (bicyclic) bond motifs is 5. The van der Waals surface area contributed by atoms with E-state index in [1.54, 1.807) is 0 Å². The molecule has 4 aliphatic rings. The lowest BCUT2D eigenvalue weighted by Crippen LogP contribution is -2.65. The van der Waals surface area contributed by atoms with E-state index in [1.807, 2.05) is 0 Å². The minimum absolute atomic E-state index is 0.0601. The van der Waals surface area contributed by atoms with Gasteiger partial charge in [-0.2, -0.15) is 0 Å². The molecule has 0 bridgehead atoms. The quantitative estimate of drug-likeness (QED) is 0.407. The van der Waals surface area contributed by atoms with E-state index < -0.39 is 5.60 Å². The number of rotatable bonds is 6. The van der Waals surface area contributed by atoms with Crippen LogP contribution in [0.3, 0.4) is 0 Å². The highest BCUT2D eigenvalue weighted by Gasteiger charge is 2.69. The molecule has 0 aromatic heterocycles. The van der Waals surface area contributed by atoms with Gasteiger partial charge in [0.25, 0.3) is 0 Å². The van der Waals surface area contributed by atoms with Gasteiger partial charge in [0.2, 0.25) is 0 Å². The predicted molar refractivity (Wildman–Crippen MR) is 134 cm³/mol. The highest BCUT2D eigenvalue weighted by atomic mass is 16.5. The number of hydrogen-bond donors (Lipinski definition) is 1. The monoisotopic (exact) mass is 506 g/mol. The SMILES string of the molecule is COC(=O)CC[C@@H](C)[C@H]1CC[C@@]2(O)[C@@H]3C[C@@H](OC(C)=O)[C@@H]4C[C@H](OC(C)=O)CC[C@]4(C)[C@H]3CC[C@]12C. The zero-order valence-electron chi connectivity index (χ0n) is 23.0. The van der Waals surface area contributed by atoms with E-state index in [9.17, 15) is 19.5 Å². The number of aliphatic hydroxyl groups is 1. The fourth-order valence-corrected chi connectivity index (χ4v) is 9.47. The van der Waals surface area contributed by atoms with Gasteiger partial charge in [-0.05, 0) is 92.3 Å². The van der Waals surface area contributed by atoms with E-state index in [0.29, 0.717) is 37.0 Å². The largest absolute Gasteiger partial charge is 0.469 e. The van der Waals surface area contributed by atoms with Crippen molar-refractivity contribution < 1.29 is 33.7 Å². The Bertz CT molecular complexity index is 872. The molecular weight excluding hydrogens is 460 g/mol. The summed E-state index contributed by atoms with van der Waals surface area (Å²) in [6.07, 6.45) is 7.55. The van der Waals surface area contributed by atoms with E-state index in [4.69, 9.17) is 14.2 Å². The molecule has 0 aliphatic heterocycles. The van der Waals surface area contributed by atoms with Gasteiger partial charge in [-0.25, -0.2) is 0 Å². The number of hydrogen-bond acceptors (Lipinski definition) is 7. The van der Waals surface area contributed by atoms with Crippen LogP contribution in [-0.4, -0.2) is 47.9 Å². The maximum Gasteiger partial charge on any atom is 0.305 e. The Balaban J connectivity index is 1.61. The van der Waals surface area contributed by atoms with Gasteiger partial charge in [0, 0.05) is 26.2 Å². The third-order valence-electron chi connectivity index (χ3n) is 11.2. The summed E-state index contributed by atoms with van der Waals surface area (Å²) >= 11 is 0. The van der Waals surface area contributed by atoms with Crippen molar-refractivity contribution in [2.24, 2.45) is 40.4 Å². The fraction of sp³-hybridized carbons (Fsp3) is 0.897. The molecule has 0 heterocycles. The van der Waals surface area contributed by atoms with Crippen molar-refractivity contribution >= 4 is 17.9 Å². The lowest BCUT2D eigenvalue weighted by molar-refractivity contribution is -0.240. The summed E-state index contributed by atoms with van der Waals surface area (Å²) in [6, 6.07) is 0. The molecule has 4 rings (SSSR count). The predicted octanol–water partition coefficient (Wildman–Crippen LogP) is 4.82. The van der Waals surface area contributed by atoms with E-state index in [2.05, 4.69) is 20.8 Å². The van der Waals surface area contributed by atoms with Crippen LogP contribution in [0, 0.1) is 40.4 Å². The van der Waals surface area contributed by atoms with Crippen LogP contribution in [0.5, 0.6) is 0 Å². The highest BCUT2D eigenvalue weighted by Crippen LogP contribution is 2.70. The first-order valence-corrected chi connectivity index (χ1v) is 14.0. The third-order valence-corrected chi connectivity index (χ3v) is 11.2. The third kappa shape index (κ3) is 4.48. The molecule has 36 heavy (non-hydrogen) atoms. The molecule has 4 saturated carbocycles. The van der Waals surface area contributed by atoms with Crippen LogP contribution in [0.2, 0.25) is 0 Å². The maximum atomic E-state index is 12.5. The van der Waals surface area contributed by atoms with Crippen LogP contribution < -0.4 is 0 Å². The zero-order valence-corrected chi connectivity index (χ0v) is 23.0.